The molecular formula is C16H23FN2O3S. The molecule has 1 aliphatic carbocycles. The van der Waals surface area contributed by atoms with E-state index in [9.17, 15) is 17.6 Å². The summed E-state index contributed by atoms with van der Waals surface area (Å²) < 4.78 is 39.6. The van der Waals surface area contributed by atoms with Crippen LogP contribution in [-0.2, 0) is 10.0 Å². The molecule has 2 N–H and O–H groups in total. The molecule has 0 radical (unpaired) electrons. The van der Waals surface area contributed by atoms with Crippen molar-refractivity contribution in [1.82, 2.24) is 10.0 Å². The number of benzene rings is 1. The summed E-state index contributed by atoms with van der Waals surface area (Å²) in [6.07, 6.45) is 6.17. The second-order valence-corrected chi connectivity index (χ2v) is 7.76. The monoisotopic (exact) mass is 342 g/mol. The van der Waals surface area contributed by atoms with Gasteiger partial charge in [0.25, 0.3) is 5.91 Å². The largest absolute Gasteiger partial charge is 0.351 e. The van der Waals surface area contributed by atoms with Crippen molar-refractivity contribution in [2.75, 3.05) is 12.3 Å². The van der Waals surface area contributed by atoms with Crippen LogP contribution < -0.4 is 10.0 Å². The fraction of sp³-hybridized carbons (Fsp3) is 0.562. The molecule has 0 atom stereocenters. The van der Waals surface area contributed by atoms with Crippen molar-refractivity contribution in [3.05, 3.63) is 35.6 Å². The molecule has 0 heterocycles. The van der Waals surface area contributed by atoms with Crippen LogP contribution in [0.5, 0.6) is 0 Å². The van der Waals surface area contributed by atoms with E-state index in [-0.39, 0.29) is 18.3 Å². The SMILES string of the molecule is O=C(NCCS(=O)(=O)NC1CCCCCC1)c1ccc(F)cc1. The molecule has 0 saturated heterocycles. The first-order valence-corrected chi connectivity index (χ1v) is 9.65. The van der Waals surface area contributed by atoms with Crippen LogP contribution >= 0.6 is 0 Å². The first-order valence-electron chi connectivity index (χ1n) is 8.00. The zero-order valence-corrected chi connectivity index (χ0v) is 13.9. The summed E-state index contributed by atoms with van der Waals surface area (Å²) in [5.41, 5.74) is 0.306. The van der Waals surface area contributed by atoms with Gasteiger partial charge in [-0.2, -0.15) is 0 Å². The highest BCUT2D eigenvalue weighted by atomic mass is 32.2. The fourth-order valence-corrected chi connectivity index (χ4v) is 3.94. The van der Waals surface area contributed by atoms with Gasteiger partial charge in [0, 0.05) is 18.2 Å². The minimum atomic E-state index is -3.41. The van der Waals surface area contributed by atoms with E-state index in [2.05, 4.69) is 10.0 Å². The molecule has 23 heavy (non-hydrogen) atoms. The molecule has 0 aromatic heterocycles. The van der Waals surface area contributed by atoms with Crippen molar-refractivity contribution in [2.45, 2.75) is 44.6 Å². The van der Waals surface area contributed by atoms with E-state index < -0.39 is 21.7 Å². The minimum Gasteiger partial charge on any atom is -0.351 e. The molecule has 1 aromatic carbocycles. The first kappa shape index (κ1) is 17.9. The van der Waals surface area contributed by atoms with Gasteiger partial charge in [-0.25, -0.2) is 17.5 Å². The van der Waals surface area contributed by atoms with Crippen LogP contribution in [0.2, 0.25) is 0 Å². The third-order valence-corrected chi connectivity index (χ3v) is 5.40. The van der Waals surface area contributed by atoms with Crippen LogP contribution in [0.4, 0.5) is 4.39 Å². The van der Waals surface area contributed by atoms with Gasteiger partial charge >= 0.3 is 0 Å². The number of amides is 1. The highest BCUT2D eigenvalue weighted by Gasteiger charge is 2.19. The zero-order valence-electron chi connectivity index (χ0n) is 13.1. The van der Waals surface area contributed by atoms with Gasteiger partial charge in [0.15, 0.2) is 0 Å². The van der Waals surface area contributed by atoms with Crippen molar-refractivity contribution in [1.29, 1.82) is 0 Å². The fourth-order valence-electron chi connectivity index (χ4n) is 2.71. The van der Waals surface area contributed by atoms with Gasteiger partial charge in [0.05, 0.1) is 5.75 Å². The van der Waals surface area contributed by atoms with Crippen LogP contribution in [-0.4, -0.2) is 32.7 Å². The van der Waals surface area contributed by atoms with Gasteiger partial charge < -0.3 is 5.32 Å². The lowest BCUT2D eigenvalue weighted by molar-refractivity contribution is 0.0956. The maximum absolute atomic E-state index is 12.8. The quantitative estimate of drug-likeness (QED) is 0.778. The Bertz CT molecular complexity index is 609. The number of hydrogen-bond donors (Lipinski definition) is 2. The van der Waals surface area contributed by atoms with E-state index in [0.29, 0.717) is 5.56 Å². The van der Waals surface area contributed by atoms with Gasteiger partial charge in [-0.1, -0.05) is 25.7 Å². The van der Waals surface area contributed by atoms with Crippen LogP contribution in [0.25, 0.3) is 0 Å². The Kier molecular flexibility index (Phi) is 6.53. The second-order valence-electron chi connectivity index (χ2n) is 5.89. The van der Waals surface area contributed by atoms with Crippen LogP contribution in [0.15, 0.2) is 24.3 Å². The number of carbonyl (C=O) groups is 1. The lowest BCUT2D eigenvalue weighted by Gasteiger charge is -2.16. The molecule has 2 rings (SSSR count). The normalized spacial score (nSPS) is 16.7. The molecule has 0 unspecified atom stereocenters. The highest BCUT2D eigenvalue weighted by Crippen LogP contribution is 2.17. The molecule has 1 aromatic rings. The van der Waals surface area contributed by atoms with E-state index in [4.69, 9.17) is 0 Å². The Morgan fingerprint density at radius 1 is 1.09 bits per heavy atom. The third-order valence-electron chi connectivity index (χ3n) is 3.96. The molecule has 0 spiro atoms. The van der Waals surface area contributed by atoms with E-state index >= 15 is 0 Å². The summed E-state index contributed by atoms with van der Waals surface area (Å²) in [5.74, 6) is -0.984. The smallest absolute Gasteiger partial charge is 0.251 e. The summed E-state index contributed by atoms with van der Waals surface area (Å²) in [6, 6.07) is 5.13. The molecule has 1 saturated carbocycles. The summed E-state index contributed by atoms with van der Waals surface area (Å²) in [7, 11) is -3.41. The standard InChI is InChI=1S/C16H23FN2O3S/c17-14-9-7-13(8-10-14)16(20)18-11-12-23(21,22)19-15-5-3-1-2-4-6-15/h7-10,15,19H,1-6,11-12H2,(H,18,20). The van der Waals surface area contributed by atoms with E-state index in [1.54, 1.807) is 0 Å². The maximum Gasteiger partial charge on any atom is 0.251 e. The number of carbonyl (C=O) groups excluding carboxylic acids is 1. The number of sulfonamides is 1. The molecule has 0 aliphatic heterocycles. The van der Waals surface area contributed by atoms with Crippen molar-refractivity contribution in [3.8, 4) is 0 Å². The van der Waals surface area contributed by atoms with Gasteiger partial charge in [-0.3, -0.25) is 4.79 Å². The Morgan fingerprint density at radius 3 is 2.30 bits per heavy atom. The van der Waals surface area contributed by atoms with Crippen LogP contribution in [0.1, 0.15) is 48.9 Å². The average molecular weight is 342 g/mol. The number of rotatable bonds is 6. The number of halogens is 1. The van der Waals surface area contributed by atoms with Gasteiger partial charge in [0.2, 0.25) is 10.0 Å². The molecule has 0 bridgehead atoms. The Labute approximate surface area is 136 Å². The number of hydrogen-bond acceptors (Lipinski definition) is 3. The van der Waals surface area contributed by atoms with Crippen molar-refractivity contribution >= 4 is 15.9 Å². The molecule has 7 heteroatoms. The molecule has 1 amide bonds. The van der Waals surface area contributed by atoms with Crippen LogP contribution in [0.3, 0.4) is 0 Å². The van der Waals surface area contributed by atoms with E-state index in [1.807, 2.05) is 0 Å². The predicted octanol–water partition coefficient (Wildman–Crippen LogP) is 2.20. The van der Waals surface area contributed by atoms with Crippen molar-refractivity contribution in [3.63, 3.8) is 0 Å². The zero-order chi connectivity index (χ0) is 16.7. The first-order chi connectivity index (χ1) is 11.0. The molecule has 5 nitrogen and oxygen atoms in total. The molecular weight excluding hydrogens is 319 g/mol. The summed E-state index contributed by atoms with van der Waals surface area (Å²) >= 11 is 0. The van der Waals surface area contributed by atoms with Crippen molar-refractivity contribution in [2.24, 2.45) is 0 Å². The predicted molar refractivity (Wildman–Crippen MR) is 87.1 cm³/mol. The second kappa shape index (κ2) is 8.40. The molecule has 128 valence electrons. The van der Waals surface area contributed by atoms with Crippen LogP contribution in [0, 0.1) is 5.82 Å². The third kappa shape index (κ3) is 6.27. The van der Waals surface area contributed by atoms with E-state index in [1.165, 1.54) is 24.3 Å². The Hall–Kier alpha value is -1.47. The van der Waals surface area contributed by atoms with Gasteiger partial charge in [-0.05, 0) is 37.1 Å². The van der Waals surface area contributed by atoms with Gasteiger partial charge in [-0.15, -0.1) is 0 Å². The average Bonchev–Trinajstić information content (AvgIpc) is 2.75. The van der Waals surface area contributed by atoms with Gasteiger partial charge in [0.1, 0.15) is 5.82 Å². The lowest BCUT2D eigenvalue weighted by atomic mass is 10.1. The topological polar surface area (TPSA) is 75.3 Å². The Morgan fingerprint density at radius 2 is 1.70 bits per heavy atom. The highest BCUT2D eigenvalue weighted by molar-refractivity contribution is 7.89. The van der Waals surface area contributed by atoms with E-state index in [0.717, 1.165) is 38.5 Å². The summed E-state index contributed by atoms with van der Waals surface area (Å²) in [6.45, 7) is 0.0261. The molecule has 1 fully saturated rings. The maximum atomic E-state index is 12.8. The minimum absolute atomic E-state index is 0.00954. The Balaban J connectivity index is 1.77. The summed E-state index contributed by atoms with van der Waals surface area (Å²) in [5, 5.41) is 2.54. The van der Waals surface area contributed by atoms with Crippen molar-refractivity contribution < 1.29 is 17.6 Å². The lowest BCUT2D eigenvalue weighted by Crippen LogP contribution is -2.39. The summed E-state index contributed by atoms with van der Waals surface area (Å²) in [4.78, 5) is 11.8. The molecule has 1 aliphatic rings. The number of nitrogens with one attached hydrogen (secondary N) is 2.